The zero-order valence-corrected chi connectivity index (χ0v) is 18.2. The molecule has 1 unspecified atom stereocenters. The van der Waals surface area contributed by atoms with Gasteiger partial charge in [-0.2, -0.15) is 13.2 Å². The van der Waals surface area contributed by atoms with E-state index in [4.69, 9.17) is 4.74 Å². The summed E-state index contributed by atoms with van der Waals surface area (Å²) in [5.74, 6) is 0.965. The number of likely N-dealkylation sites (tertiary alicyclic amines) is 1. The minimum absolute atomic E-state index is 0.0330. The van der Waals surface area contributed by atoms with Crippen molar-refractivity contribution in [2.45, 2.75) is 45.3 Å². The molecule has 0 radical (unpaired) electrons. The van der Waals surface area contributed by atoms with Gasteiger partial charge < -0.3 is 9.64 Å². The molecule has 3 aromatic rings. The number of fused-ring (bicyclic) bond motifs is 1. The molecular weight excluding hydrogens is 419 g/mol. The maximum absolute atomic E-state index is 13.5. The molecule has 1 aromatic heterocycles. The predicted molar refractivity (Wildman–Crippen MR) is 117 cm³/mol. The van der Waals surface area contributed by atoms with Crippen LogP contribution in [0.3, 0.4) is 0 Å². The molecule has 1 aliphatic rings. The fourth-order valence-corrected chi connectivity index (χ4v) is 4.29. The molecule has 0 N–H and O–H groups in total. The second-order valence-electron chi connectivity index (χ2n) is 8.22. The van der Waals surface area contributed by atoms with Crippen molar-refractivity contribution >= 4 is 10.9 Å². The summed E-state index contributed by atoms with van der Waals surface area (Å²) in [6, 6.07) is 10.8. The van der Waals surface area contributed by atoms with Gasteiger partial charge in [-0.05, 0) is 82.6 Å². The number of hydrogen-bond donors (Lipinski definition) is 0. The summed E-state index contributed by atoms with van der Waals surface area (Å²) in [5, 5.41) is -0.429. The van der Waals surface area contributed by atoms with Crippen LogP contribution in [-0.4, -0.2) is 40.2 Å². The highest BCUT2D eigenvalue weighted by molar-refractivity contribution is 5.82. The number of benzene rings is 2. The molecule has 1 saturated heterocycles. The van der Waals surface area contributed by atoms with Gasteiger partial charge in [-0.3, -0.25) is 9.36 Å². The lowest BCUT2D eigenvalue weighted by atomic mass is 10.1. The van der Waals surface area contributed by atoms with Crippen LogP contribution in [0.4, 0.5) is 13.2 Å². The number of alkyl halides is 3. The molecular formula is C24H26F3N3O2. The fraction of sp³-hybridized carbons (Fsp3) is 0.417. The van der Waals surface area contributed by atoms with Gasteiger partial charge in [-0.1, -0.05) is 6.07 Å². The van der Waals surface area contributed by atoms with Gasteiger partial charge >= 0.3 is 6.18 Å². The summed E-state index contributed by atoms with van der Waals surface area (Å²) in [4.78, 5) is 19.8. The van der Waals surface area contributed by atoms with Crippen molar-refractivity contribution in [3.63, 3.8) is 0 Å². The van der Waals surface area contributed by atoms with E-state index in [-0.39, 0.29) is 5.52 Å². The second-order valence-corrected chi connectivity index (χ2v) is 8.22. The Balaban J connectivity index is 1.56. The zero-order chi connectivity index (χ0) is 22.9. The van der Waals surface area contributed by atoms with Crippen molar-refractivity contribution in [3.05, 3.63) is 64.2 Å². The first kappa shape index (κ1) is 22.3. The molecule has 0 saturated carbocycles. The molecule has 170 valence electrons. The fourth-order valence-electron chi connectivity index (χ4n) is 4.29. The summed E-state index contributed by atoms with van der Waals surface area (Å²) in [5.41, 5.74) is -1.25. The van der Waals surface area contributed by atoms with Crippen LogP contribution in [0.2, 0.25) is 0 Å². The van der Waals surface area contributed by atoms with Crippen LogP contribution in [0.1, 0.15) is 37.6 Å². The first-order valence-electron chi connectivity index (χ1n) is 10.8. The maximum atomic E-state index is 13.5. The third kappa shape index (κ3) is 4.50. The van der Waals surface area contributed by atoms with Crippen LogP contribution < -0.4 is 10.3 Å². The molecule has 4 rings (SSSR count). The van der Waals surface area contributed by atoms with Crippen LogP contribution >= 0.6 is 0 Å². The Morgan fingerprint density at radius 1 is 1.09 bits per heavy atom. The molecule has 0 aliphatic carbocycles. The van der Waals surface area contributed by atoms with Gasteiger partial charge in [-0.15, -0.1) is 0 Å². The Morgan fingerprint density at radius 3 is 2.44 bits per heavy atom. The van der Waals surface area contributed by atoms with Gasteiger partial charge in [0.05, 0.1) is 28.8 Å². The van der Waals surface area contributed by atoms with E-state index >= 15 is 0 Å². The highest BCUT2D eigenvalue weighted by Gasteiger charge is 2.34. The molecule has 0 amide bonds. The largest absolute Gasteiger partial charge is 0.494 e. The predicted octanol–water partition coefficient (Wildman–Crippen LogP) is 4.97. The van der Waals surface area contributed by atoms with E-state index < -0.39 is 22.7 Å². The number of hydrogen-bond acceptors (Lipinski definition) is 4. The first-order valence-corrected chi connectivity index (χ1v) is 10.8. The molecule has 2 aromatic carbocycles. The molecule has 1 atom stereocenters. The van der Waals surface area contributed by atoms with E-state index in [0.29, 0.717) is 29.9 Å². The number of ether oxygens (including phenoxy) is 1. The van der Waals surface area contributed by atoms with Gasteiger partial charge in [0.15, 0.2) is 0 Å². The number of halogens is 3. The van der Waals surface area contributed by atoms with E-state index in [1.165, 1.54) is 29.5 Å². The Hall–Kier alpha value is -2.87. The van der Waals surface area contributed by atoms with Crippen LogP contribution in [0.25, 0.3) is 16.6 Å². The summed E-state index contributed by atoms with van der Waals surface area (Å²) >= 11 is 0. The van der Waals surface area contributed by atoms with Gasteiger partial charge in [0.2, 0.25) is 0 Å². The van der Waals surface area contributed by atoms with E-state index in [0.717, 1.165) is 25.6 Å². The summed E-state index contributed by atoms with van der Waals surface area (Å²) in [6.45, 7) is 6.66. The third-order valence-corrected chi connectivity index (χ3v) is 6.03. The number of aryl methyl sites for hydroxylation is 1. The first-order chi connectivity index (χ1) is 15.3. The molecule has 2 heterocycles. The molecule has 0 spiro atoms. The van der Waals surface area contributed by atoms with Gasteiger partial charge in [0.25, 0.3) is 5.56 Å². The average molecular weight is 445 g/mol. The minimum atomic E-state index is -4.64. The monoisotopic (exact) mass is 445 g/mol. The van der Waals surface area contributed by atoms with E-state index in [2.05, 4.69) is 16.8 Å². The molecule has 32 heavy (non-hydrogen) atoms. The molecule has 1 fully saturated rings. The average Bonchev–Trinajstić information content (AvgIpc) is 3.29. The summed E-state index contributed by atoms with van der Waals surface area (Å²) in [6.07, 6.45) is -1.23. The second kappa shape index (κ2) is 8.94. The number of nitrogens with zero attached hydrogens (tertiary/aromatic N) is 3. The van der Waals surface area contributed by atoms with Crippen LogP contribution in [-0.2, 0) is 6.18 Å². The number of aromatic nitrogens is 2. The summed E-state index contributed by atoms with van der Waals surface area (Å²) in [7, 11) is 0. The lowest BCUT2D eigenvalue weighted by Gasteiger charge is -2.23. The molecule has 0 bridgehead atoms. The zero-order valence-electron chi connectivity index (χ0n) is 18.2. The molecule has 1 aliphatic heterocycles. The van der Waals surface area contributed by atoms with Crippen molar-refractivity contribution in [1.29, 1.82) is 0 Å². The smallest absolute Gasteiger partial charge is 0.417 e. The van der Waals surface area contributed by atoms with E-state index in [1.807, 2.05) is 0 Å². The number of rotatable bonds is 6. The standard InChI is InChI=1S/C24H26F3N3O2/c1-16(29-13-3-4-14-29)12-15-32-19-10-8-18(9-11-19)30-17(2)28-21-7-5-6-20(24(25,26)27)22(21)23(30)31/h5-11,16H,3-4,12-15H2,1-2H3. The van der Waals surface area contributed by atoms with Crippen molar-refractivity contribution in [1.82, 2.24) is 14.5 Å². The van der Waals surface area contributed by atoms with Crippen LogP contribution in [0.15, 0.2) is 47.3 Å². The Bertz CT molecular complexity index is 1150. The normalized spacial score (nSPS) is 15.9. The van der Waals surface area contributed by atoms with Gasteiger partial charge in [0.1, 0.15) is 11.6 Å². The molecule has 8 heteroatoms. The maximum Gasteiger partial charge on any atom is 0.417 e. The topological polar surface area (TPSA) is 47.4 Å². The van der Waals surface area contributed by atoms with Crippen molar-refractivity contribution in [2.75, 3.05) is 19.7 Å². The lowest BCUT2D eigenvalue weighted by Crippen LogP contribution is -2.31. The van der Waals surface area contributed by atoms with Crippen molar-refractivity contribution in [2.24, 2.45) is 0 Å². The van der Waals surface area contributed by atoms with Crippen molar-refractivity contribution < 1.29 is 17.9 Å². The highest BCUT2D eigenvalue weighted by Crippen LogP contribution is 2.33. The molecule has 5 nitrogen and oxygen atoms in total. The lowest BCUT2D eigenvalue weighted by molar-refractivity contribution is -0.136. The minimum Gasteiger partial charge on any atom is -0.494 e. The van der Waals surface area contributed by atoms with Gasteiger partial charge in [0, 0.05) is 6.04 Å². The summed E-state index contributed by atoms with van der Waals surface area (Å²) < 4.78 is 47.4. The quantitative estimate of drug-likeness (QED) is 0.538. The Kier molecular flexibility index (Phi) is 6.24. The Labute approximate surface area is 184 Å². The van der Waals surface area contributed by atoms with Crippen LogP contribution in [0, 0.1) is 6.92 Å². The Morgan fingerprint density at radius 2 is 1.78 bits per heavy atom. The van der Waals surface area contributed by atoms with Gasteiger partial charge in [-0.25, -0.2) is 4.98 Å². The highest BCUT2D eigenvalue weighted by atomic mass is 19.4. The SMILES string of the molecule is Cc1nc2cccc(C(F)(F)F)c2c(=O)n1-c1ccc(OCCC(C)N2CCCC2)cc1. The van der Waals surface area contributed by atoms with E-state index in [9.17, 15) is 18.0 Å². The third-order valence-electron chi connectivity index (χ3n) is 6.03. The van der Waals surface area contributed by atoms with Crippen molar-refractivity contribution in [3.8, 4) is 11.4 Å². The van der Waals surface area contributed by atoms with E-state index in [1.54, 1.807) is 31.2 Å². The van der Waals surface area contributed by atoms with Crippen LogP contribution in [0.5, 0.6) is 5.75 Å².